The van der Waals surface area contributed by atoms with Crippen LogP contribution in [0.1, 0.15) is 13.3 Å². The minimum atomic E-state index is 0.268. The Balaban J connectivity index is 2.85. The van der Waals surface area contributed by atoms with Crippen LogP contribution in [0, 0.1) is 0 Å². The zero-order valence-electron chi connectivity index (χ0n) is 11.2. The van der Waals surface area contributed by atoms with Gasteiger partial charge in [-0.25, -0.2) is 0 Å². The van der Waals surface area contributed by atoms with Crippen LogP contribution in [0.5, 0.6) is 11.5 Å². The van der Waals surface area contributed by atoms with Crippen molar-refractivity contribution in [1.82, 2.24) is 0 Å². The minimum Gasteiger partial charge on any atom is -0.495 e. The minimum absolute atomic E-state index is 0.268. The maximum absolute atomic E-state index is 6.05. The first-order chi connectivity index (χ1) is 8.62. The van der Waals surface area contributed by atoms with E-state index in [0.717, 1.165) is 12.1 Å². The van der Waals surface area contributed by atoms with E-state index in [1.807, 2.05) is 6.07 Å². The topological polar surface area (TPSA) is 39.7 Å². The maximum atomic E-state index is 6.05. The zero-order chi connectivity index (χ0) is 13.5. The second kappa shape index (κ2) is 7.34. The second-order valence-electron chi connectivity index (χ2n) is 4.01. The Bertz CT molecular complexity index is 385. The molecule has 0 aliphatic rings. The first kappa shape index (κ1) is 14.9. The van der Waals surface area contributed by atoms with Crippen LogP contribution in [-0.4, -0.2) is 34.0 Å². The van der Waals surface area contributed by atoms with Crippen LogP contribution in [0.2, 0.25) is 5.02 Å². The van der Waals surface area contributed by atoms with Crippen molar-refractivity contribution in [2.24, 2.45) is 0 Å². The quantitative estimate of drug-likeness (QED) is 0.828. The molecule has 0 fully saturated rings. The fraction of sp³-hybridized carbons (Fsp3) is 0.538. The molecule has 0 saturated carbocycles. The van der Waals surface area contributed by atoms with Crippen LogP contribution in [0.15, 0.2) is 12.1 Å². The molecule has 1 rings (SSSR count). The third kappa shape index (κ3) is 3.96. The van der Waals surface area contributed by atoms with Crippen LogP contribution in [-0.2, 0) is 4.74 Å². The van der Waals surface area contributed by atoms with Gasteiger partial charge in [-0.3, -0.25) is 0 Å². The molecule has 18 heavy (non-hydrogen) atoms. The summed E-state index contributed by atoms with van der Waals surface area (Å²) in [5.74, 6) is 1.32. The predicted molar refractivity (Wildman–Crippen MR) is 74.1 cm³/mol. The van der Waals surface area contributed by atoms with E-state index in [2.05, 4.69) is 12.2 Å². The van der Waals surface area contributed by atoms with E-state index in [-0.39, 0.29) is 6.04 Å². The average Bonchev–Trinajstić information content (AvgIpc) is 2.37. The Hall–Kier alpha value is -1.13. The van der Waals surface area contributed by atoms with Crippen LogP contribution in [0.3, 0.4) is 0 Å². The van der Waals surface area contributed by atoms with Gasteiger partial charge in [-0.2, -0.15) is 0 Å². The predicted octanol–water partition coefficient (Wildman–Crippen LogP) is 3.19. The number of nitrogens with one attached hydrogen (secondary N) is 1. The number of hydrogen-bond acceptors (Lipinski definition) is 4. The van der Waals surface area contributed by atoms with Crippen molar-refractivity contribution in [2.75, 3.05) is 33.3 Å². The molecule has 1 atom stereocenters. The summed E-state index contributed by atoms with van der Waals surface area (Å²) in [5, 5.41) is 3.89. The van der Waals surface area contributed by atoms with Gasteiger partial charge in [0.1, 0.15) is 11.5 Å². The lowest BCUT2D eigenvalue weighted by Gasteiger charge is -2.18. The number of hydrogen-bond donors (Lipinski definition) is 1. The van der Waals surface area contributed by atoms with Crippen molar-refractivity contribution in [2.45, 2.75) is 19.4 Å². The van der Waals surface area contributed by atoms with Crippen LogP contribution >= 0.6 is 11.6 Å². The normalized spacial score (nSPS) is 12.1. The van der Waals surface area contributed by atoms with Crippen molar-refractivity contribution in [3.63, 3.8) is 0 Å². The number of methoxy groups -OCH3 is 3. The number of anilines is 1. The summed E-state index contributed by atoms with van der Waals surface area (Å²) in [6.07, 6.45) is 0.907. The van der Waals surface area contributed by atoms with Crippen LogP contribution in [0.25, 0.3) is 0 Å². The van der Waals surface area contributed by atoms with Gasteiger partial charge in [0.15, 0.2) is 0 Å². The molecule has 0 spiro atoms. The van der Waals surface area contributed by atoms with E-state index in [0.29, 0.717) is 23.1 Å². The number of halogens is 1. The van der Waals surface area contributed by atoms with E-state index in [1.165, 1.54) is 0 Å². The summed E-state index contributed by atoms with van der Waals surface area (Å²) < 4.78 is 15.5. The zero-order valence-corrected chi connectivity index (χ0v) is 12.0. The Labute approximate surface area is 113 Å². The molecule has 0 aromatic heterocycles. The average molecular weight is 274 g/mol. The third-order valence-electron chi connectivity index (χ3n) is 2.63. The first-order valence-corrected chi connectivity index (χ1v) is 6.17. The molecule has 0 heterocycles. The summed E-state index contributed by atoms with van der Waals surface area (Å²) in [4.78, 5) is 0. The fourth-order valence-corrected chi connectivity index (χ4v) is 1.84. The molecule has 5 heteroatoms. The van der Waals surface area contributed by atoms with E-state index < -0.39 is 0 Å². The Morgan fingerprint density at radius 3 is 2.39 bits per heavy atom. The Kier molecular flexibility index (Phi) is 6.09. The van der Waals surface area contributed by atoms with Crippen LogP contribution in [0.4, 0.5) is 5.69 Å². The SMILES string of the molecule is COCCC(C)Nc1cc(OC)c(Cl)cc1OC. The standard InChI is InChI=1S/C13H20ClNO3/c1-9(5-6-16-2)15-11-8-12(17-3)10(14)7-13(11)18-4/h7-9,15H,5-6H2,1-4H3. The van der Waals surface area contributed by atoms with Gasteiger partial charge in [0, 0.05) is 31.9 Å². The third-order valence-corrected chi connectivity index (χ3v) is 2.93. The summed E-state index contributed by atoms with van der Waals surface area (Å²) in [5.41, 5.74) is 0.863. The molecule has 0 aliphatic heterocycles. The molecule has 4 nitrogen and oxygen atoms in total. The van der Waals surface area contributed by atoms with Crippen molar-refractivity contribution in [3.05, 3.63) is 17.2 Å². The molecular formula is C13H20ClNO3. The number of ether oxygens (including phenoxy) is 3. The van der Waals surface area contributed by atoms with Crippen molar-refractivity contribution in [1.29, 1.82) is 0 Å². The van der Waals surface area contributed by atoms with Gasteiger partial charge in [0.05, 0.1) is 24.9 Å². The van der Waals surface area contributed by atoms with Crippen LogP contribution < -0.4 is 14.8 Å². The van der Waals surface area contributed by atoms with Gasteiger partial charge in [-0.1, -0.05) is 11.6 Å². The molecule has 1 N–H and O–H groups in total. The molecule has 1 aromatic rings. The highest BCUT2D eigenvalue weighted by Crippen LogP contribution is 2.36. The van der Waals surface area contributed by atoms with Gasteiger partial charge < -0.3 is 19.5 Å². The molecular weight excluding hydrogens is 254 g/mol. The molecule has 0 bridgehead atoms. The molecule has 0 aliphatic carbocycles. The number of benzene rings is 1. The van der Waals surface area contributed by atoms with Crippen molar-refractivity contribution < 1.29 is 14.2 Å². The lowest BCUT2D eigenvalue weighted by Crippen LogP contribution is -2.17. The molecule has 1 aromatic carbocycles. The number of rotatable bonds is 7. The first-order valence-electron chi connectivity index (χ1n) is 5.79. The van der Waals surface area contributed by atoms with E-state index in [4.69, 9.17) is 25.8 Å². The van der Waals surface area contributed by atoms with Gasteiger partial charge in [0.25, 0.3) is 0 Å². The molecule has 0 amide bonds. The molecule has 0 saturated heterocycles. The largest absolute Gasteiger partial charge is 0.495 e. The van der Waals surface area contributed by atoms with Crippen molar-refractivity contribution >= 4 is 17.3 Å². The smallest absolute Gasteiger partial charge is 0.143 e. The van der Waals surface area contributed by atoms with Gasteiger partial charge in [-0.05, 0) is 13.3 Å². The molecule has 1 unspecified atom stereocenters. The fourth-order valence-electron chi connectivity index (χ4n) is 1.61. The Morgan fingerprint density at radius 2 is 1.83 bits per heavy atom. The van der Waals surface area contributed by atoms with Gasteiger partial charge in [0.2, 0.25) is 0 Å². The molecule has 102 valence electrons. The summed E-state index contributed by atoms with van der Waals surface area (Å²) >= 11 is 6.05. The highest BCUT2D eigenvalue weighted by atomic mass is 35.5. The highest BCUT2D eigenvalue weighted by molar-refractivity contribution is 6.32. The van der Waals surface area contributed by atoms with Gasteiger partial charge >= 0.3 is 0 Å². The summed E-state index contributed by atoms with van der Waals surface area (Å²) in [6, 6.07) is 3.85. The van der Waals surface area contributed by atoms with Gasteiger partial charge in [-0.15, -0.1) is 0 Å². The Morgan fingerprint density at radius 1 is 1.17 bits per heavy atom. The van der Waals surface area contributed by atoms with E-state index >= 15 is 0 Å². The monoisotopic (exact) mass is 273 g/mol. The second-order valence-corrected chi connectivity index (χ2v) is 4.42. The van der Waals surface area contributed by atoms with E-state index in [9.17, 15) is 0 Å². The highest BCUT2D eigenvalue weighted by Gasteiger charge is 2.11. The maximum Gasteiger partial charge on any atom is 0.143 e. The summed E-state index contributed by atoms with van der Waals surface area (Å²) in [6.45, 7) is 2.79. The lowest BCUT2D eigenvalue weighted by molar-refractivity contribution is 0.191. The summed E-state index contributed by atoms with van der Waals surface area (Å²) in [7, 11) is 4.90. The lowest BCUT2D eigenvalue weighted by atomic mass is 10.2. The van der Waals surface area contributed by atoms with E-state index in [1.54, 1.807) is 27.4 Å². The van der Waals surface area contributed by atoms with Crippen molar-refractivity contribution in [3.8, 4) is 11.5 Å². The molecule has 0 radical (unpaired) electrons.